The van der Waals surface area contributed by atoms with Gasteiger partial charge in [0, 0.05) is 70.5 Å². The van der Waals surface area contributed by atoms with Crippen LogP contribution in [0.2, 0.25) is 0 Å². The molecule has 544 valence electrons. The number of carbonyl (C=O) groups excluding carboxylic acids is 7. The van der Waals surface area contributed by atoms with E-state index in [1.165, 1.54) is 116 Å². The lowest BCUT2D eigenvalue weighted by molar-refractivity contribution is -0.161. The average molecular weight is 1340 g/mol. The second-order valence-electron chi connectivity index (χ2n) is 29.5. The van der Waals surface area contributed by atoms with Crippen molar-refractivity contribution in [2.45, 2.75) is 348 Å². The molecule has 0 aromatic heterocycles. The van der Waals surface area contributed by atoms with Crippen LogP contribution in [0.5, 0.6) is 0 Å². The minimum absolute atomic E-state index is 0.0262. The van der Waals surface area contributed by atoms with Crippen molar-refractivity contribution in [2.75, 3.05) is 72.2 Å². The maximum absolute atomic E-state index is 13.9. The molecule has 20 nitrogen and oxygen atoms in total. The molecule has 1 fully saturated rings. The summed E-state index contributed by atoms with van der Waals surface area (Å²) < 4.78 is 57.7. The standard InChI is InChI=1S/C72H134N3O17P/c1-13-15-17-19-21-23-25-27-29-31-33-35-37-44-64(79)85-56-63(90-65(80)45-38-36-34-32-30-28-26-24-22-20-18-16-14-2)57-89-93(83,84)88-53-41-43-62(78)42-39-40-46-72(75(50-48-71(11,12)87-61-77)55-67(82)92-69(6,7)8)58-73(49-47-70(9,10)86-60-76)51-52-74(59-72)54-66(81)91-68(3,4)5/h60-61,63H,13-59H2,1-12H3,(H,83,84). The van der Waals surface area contributed by atoms with Crippen LogP contribution >= 0.6 is 7.82 Å². The van der Waals surface area contributed by atoms with Crippen LogP contribution < -0.4 is 0 Å². The summed E-state index contributed by atoms with van der Waals surface area (Å²) in [6.07, 6.45) is 32.3. The molecule has 1 heterocycles. The van der Waals surface area contributed by atoms with Crippen molar-refractivity contribution in [3.8, 4) is 0 Å². The second-order valence-corrected chi connectivity index (χ2v) is 30.9. The van der Waals surface area contributed by atoms with Gasteiger partial charge in [-0.05, 0) is 114 Å². The maximum Gasteiger partial charge on any atom is 0.472 e. The molecule has 0 aromatic carbocycles. The van der Waals surface area contributed by atoms with Crippen LogP contribution in [-0.4, -0.2) is 168 Å². The first-order chi connectivity index (χ1) is 44.0. The molecule has 21 heteroatoms. The number of phosphoric ester groups is 1. The highest BCUT2D eigenvalue weighted by atomic mass is 31.2. The third-order valence-electron chi connectivity index (χ3n) is 17.0. The molecule has 3 atom stereocenters. The van der Waals surface area contributed by atoms with Crippen molar-refractivity contribution in [2.24, 2.45) is 0 Å². The zero-order valence-electron chi connectivity index (χ0n) is 60.7. The molecule has 93 heavy (non-hydrogen) atoms. The van der Waals surface area contributed by atoms with Crippen molar-refractivity contribution >= 4 is 50.4 Å². The Bertz CT molecular complexity index is 2080. The largest absolute Gasteiger partial charge is 0.472 e. The van der Waals surface area contributed by atoms with Crippen LogP contribution in [0.1, 0.15) is 314 Å². The van der Waals surface area contributed by atoms with E-state index in [2.05, 4.69) is 23.6 Å². The van der Waals surface area contributed by atoms with Crippen LogP contribution in [0.25, 0.3) is 0 Å². The molecule has 1 aliphatic rings. The molecular formula is C72H134N3O17P. The lowest BCUT2D eigenvalue weighted by Gasteiger charge is -2.47. The van der Waals surface area contributed by atoms with E-state index in [-0.39, 0.29) is 64.2 Å². The van der Waals surface area contributed by atoms with Gasteiger partial charge in [0.05, 0.1) is 26.3 Å². The Kier molecular flexibility index (Phi) is 47.0. The fourth-order valence-corrected chi connectivity index (χ4v) is 12.5. The zero-order chi connectivity index (χ0) is 69.5. The number of carbonyl (C=O) groups is 7. The van der Waals surface area contributed by atoms with Gasteiger partial charge < -0.3 is 38.2 Å². The van der Waals surface area contributed by atoms with E-state index >= 15 is 0 Å². The van der Waals surface area contributed by atoms with Crippen LogP contribution in [0.3, 0.4) is 0 Å². The SMILES string of the molecule is CCCCCCCCCCCCCCCC(=O)OCC(COP(=O)(O)OCCCC(=O)CCCCC1(N(CCC(C)(C)OC=O)CC(=O)OC(C)(C)C)CN(CCC(C)(C)OC=O)CCN(CC(=O)OC(C)(C)C)C1)OC(=O)CCCCCCCCCCCCCCC. The van der Waals surface area contributed by atoms with Crippen LogP contribution in [0, 0.1) is 0 Å². The normalized spacial score (nSPS) is 16.3. The fraction of sp³-hybridized carbons (Fsp3) is 0.903. The molecule has 0 spiro atoms. The highest BCUT2D eigenvalue weighted by Crippen LogP contribution is 2.43. The van der Waals surface area contributed by atoms with Gasteiger partial charge in [-0.15, -0.1) is 0 Å². The molecule has 1 rings (SSSR count). The van der Waals surface area contributed by atoms with Crippen molar-refractivity contribution in [3.05, 3.63) is 0 Å². The Morgan fingerprint density at radius 2 is 0.946 bits per heavy atom. The summed E-state index contributed by atoms with van der Waals surface area (Å²) >= 11 is 0. The summed E-state index contributed by atoms with van der Waals surface area (Å²) in [6.45, 7) is 24.7. The van der Waals surface area contributed by atoms with Crippen LogP contribution in [0.15, 0.2) is 0 Å². The lowest BCUT2D eigenvalue weighted by atomic mass is 9.87. The molecule has 0 aromatic rings. The first-order valence-electron chi connectivity index (χ1n) is 36.3. The van der Waals surface area contributed by atoms with E-state index in [1.807, 2.05) is 39.5 Å². The number of ether oxygens (including phenoxy) is 6. The maximum atomic E-state index is 13.9. The number of ketones is 1. The summed E-state index contributed by atoms with van der Waals surface area (Å²) in [5, 5.41) is 0. The van der Waals surface area contributed by atoms with E-state index in [9.17, 15) is 43.0 Å². The average Bonchev–Trinajstić information content (AvgIpc) is 1.79. The minimum Gasteiger partial charge on any atom is -0.462 e. The molecule has 0 bridgehead atoms. The summed E-state index contributed by atoms with van der Waals surface area (Å²) in [6, 6.07) is 0. The van der Waals surface area contributed by atoms with E-state index in [0.717, 1.165) is 38.5 Å². The zero-order valence-corrected chi connectivity index (χ0v) is 61.6. The molecular weight excluding hydrogens is 1210 g/mol. The highest BCUT2D eigenvalue weighted by molar-refractivity contribution is 7.47. The minimum atomic E-state index is -4.71. The summed E-state index contributed by atoms with van der Waals surface area (Å²) in [4.78, 5) is 107. The summed E-state index contributed by atoms with van der Waals surface area (Å²) in [5.41, 5.74) is -4.05. The topological polar surface area (TPSA) is 240 Å². The van der Waals surface area contributed by atoms with Gasteiger partial charge >= 0.3 is 31.7 Å². The van der Waals surface area contributed by atoms with E-state index < -0.39 is 72.4 Å². The highest BCUT2D eigenvalue weighted by Gasteiger charge is 2.44. The van der Waals surface area contributed by atoms with Crippen LogP contribution in [0.4, 0.5) is 0 Å². The van der Waals surface area contributed by atoms with E-state index in [4.69, 9.17) is 37.5 Å². The number of phosphoric acid groups is 1. The van der Waals surface area contributed by atoms with Crippen molar-refractivity contribution < 1.29 is 80.5 Å². The van der Waals surface area contributed by atoms with Gasteiger partial charge in [0.1, 0.15) is 34.8 Å². The van der Waals surface area contributed by atoms with E-state index in [1.54, 1.807) is 34.6 Å². The van der Waals surface area contributed by atoms with Gasteiger partial charge in [0.25, 0.3) is 12.9 Å². The Labute approximate surface area is 563 Å². The third kappa shape index (κ3) is 48.8. The van der Waals surface area contributed by atoms with E-state index in [0.29, 0.717) is 97.2 Å². The quantitative estimate of drug-likeness (QED) is 0.0196. The second kappa shape index (κ2) is 49.9. The summed E-state index contributed by atoms with van der Waals surface area (Å²) in [5.74, 6) is -1.92. The Morgan fingerprint density at radius 1 is 0.516 bits per heavy atom. The number of esters is 4. The number of Topliss-reactive ketones (excluding diaryl/α,β-unsaturated/α-hetero) is 1. The molecule has 0 radical (unpaired) electrons. The van der Waals surface area contributed by atoms with Crippen molar-refractivity contribution in [1.82, 2.24) is 14.7 Å². The smallest absolute Gasteiger partial charge is 0.462 e. The lowest BCUT2D eigenvalue weighted by Crippen LogP contribution is -2.62. The van der Waals surface area contributed by atoms with Crippen molar-refractivity contribution in [3.63, 3.8) is 0 Å². The monoisotopic (exact) mass is 1340 g/mol. The van der Waals surface area contributed by atoms with Crippen molar-refractivity contribution in [1.29, 1.82) is 0 Å². The van der Waals surface area contributed by atoms with Gasteiger partial charge in [0.2, 0.25) is 0 Å². The predicted octanol–water partition coefficient (Wildman–Crippen LogP) is 15.5. The number of hydrogen-bond acceptors (Lipinski definition) is 19. The Hall–Kier alpha value is -3.52. The third-order valence-corrected chi connectivity index (χ3v) is 18.0. The molecule has 3 unspecified atom stereocenters. The van der Waals surface area contributed by atoms with Gasteiger partial charge in [0.15, 0.2) is 6.10 Å². The molecule has 0 saturated carbocycles. The van der Waals surface area contributed by atoms with Gasteiger partial charge in [-0.1, -0.05) is 174 Å². The number of unbranched alkanes of at least 4 members (excludes halogenated alkanes) is 25. The first-order valence-corrected chi connectivity index (χ1v) is 37.8. The number of hydrogen-bond donors (Lipinski definition) is 1. The molecule has 1 aliphatic heterocycles. The van der Waals surface area contributed by atoms with Gasteiger partial charge in [-0.25, -0.2) is 4.57 Å². The Morgan fingerprint density at radius 3 is 1.44 bits per heavy atom. The molecule has 0 amide bonds. The summed E-state index contributed by atoms with van der Waals surface area (Å²) in [7, 11) is -4.71. The molecule has 1 saturated heterocycles. The molecule has 0 aliphatic carbocycles. The Balaban J connectivity index is 3.11. The van der Waals surface area contributed by atoms with Gasteiger partial charge in [-0.2, -0.15) is 0 Å². The molecule has 1 N–H and O–H groups in total. The fourth-order valence-electron chi connectivity index (χ4n) is 11.7. The first kappa shape index (κ1) is 87.5. The van der Waals surface area contributed by atoms with Gasteiger partial charge in [-0.3, -0.25) is 52.4 Å². The van der Waals surface area contributed by atoms with Crippen LogP contribution in [-0.2, 0) is 75.6 Å². The predicted molar refractivity (Wildman–Crippen MR) is 366 cm³/mol. The number of rotatable bonds is 59. The number of nitrogens with zero attached hydrogens (tertiary/aromatic N) is 3.